The lowest BCUT2D eigenvalue weighted by Crippen LogP contribution is -2.22. The minimum absolute atomic E-state index is 0.196. The topological polar surface area (TPSA) is 57.4 Å². The number of aliphatic hydroxyl groups excluding tert-OH is 2. The first-order valence-corrected chi connectivity index (χ1v) is 4.91. The van der Waals surface area contributed by atoms with Crippen LogP contribution in [0, 0.1) is 0 Å². The van der Waals surface area contributed by atoms with E-state index in [0.717, 1.165) is 18.8 Å². The van der Waals surface area contributed by atoms with E-state index in [2.05, 4.69) is 12.2 Å². The van der Waals surface area contributed by atoms with Gasteiger partial charge in [-0.15, -0.1) is 0 Å². The second-order valence-corrected chi connectivity index (χ2v) is 3.27. The van der Waals surface area contributed by atoms with Crippen molar-refractivity contribution in [2.75, 3.05) is 13.2 Å². The molecular weight excluding hydrogens is 180 g/mol. The first-order chi connectivity index (χ1) is 6.77. The summed E-state index contributed by atoms with van der Waals surface area (Å²) in [6, 6.07) is 3.95. The Morgan fingerprint density at radius 3 is 3.00 bits per heavy atom. The van der Waals surface area contributed by atoms with Crippen molar-refractivity contribution in [2.24, 2.45) is 0 Å². The quantitative estimate of drug-likeness (QED) is 0.600. The third-order valence-electron chi connectivity index (χ3n) is 2.10. The molecule has 0 radical (unpaired) electrons. The van der Waals surface area contributed by atoms with Crippen LogP contribution in [0.1, 0.15) is 12.6 Å². The molecule has 0 aliphatic carbocycles. The molecule has 0 aliphatic heterocycles. The molecule has 4 heteroatoms. The molecule has 14 heavy (non-hydrogen) atoms. The summed E-state index contributed by atoms with van der Waals surface area (Å²) in [5.74, 6) is 0. The molecule has 0 bridgehead atoms. The normalized spacial score (nSPS) is 13.1. The van der Waals surface area contributed by atoms with Crippen molar-refractivity contribution in [3.8, 4) is 0 Å². The van der Waals surface area contributed by atoms with Crippen LogP contribution in [0.25, 0.3) is 0 Å². The number of nitrogens with zero attached hydrogens (tertiary/aromatic N) is 1. The number of nitrogens with one attached hydrogen (secondary N) is 1. The SMILES string of the molecule is CCNCc1cccn1CC(O)CO. The van der Waals surface area contributed by atoms with Crippen LogP contribution >= 0.6 is 0 Å². The van der Waals surface area contributed by atoms with Crippen molar-refractivity contribution < 1.29 is 10.2 Å². The molecule has 0 fully saturated rings. The van der Waals surface area contributed by atoms with E-state index >= 15 is 0 Å². The summed E-state index contributed by atoms with van der Waals surface area (Å²) < 4.78 is 1.95. The Morgan fingerprint density at radius 1 is 1.57 bits per heavy atom. The molecule has 1 aromatic rings. The zero-order chi connectivity index (χ0) is 10.4. The largest absolute Gasteiger partial charge is 0.394 e. The lowest BCUT2D eigenvalue weighted by molar-refractivity contribution is 0.0806. The van der Waals surface area contributed by atoms with Gasteiger partial charge in [0.15, 0.2) is 0 Å². The average molecular weight is 198 g/mol. The molecule has 80 valence electrons. The molecule has 0 saturated heterocycles. The lowest BCUT2D eigenvalue weighted by Gasteiger charge is -2.12. The van der Waals surface area contributed by atoms with Crippen LogP contribution < -0.4 is 5.32 Å². The zero-order valence-electron chi connectivity index (χ0n) is 8.48. The van der Waals surface area contributed by atoms with Gasteiger partial charge >= 0.3 is 0 Å². The smallest absolute Gasteiger partial charge is 0.0949 e. The van der Waals surface area contributed by atoms with Gasteiger partial charge in [0.2, 0.25) is 0 Å². The fraction of sp³-hybridized carbons (Fsp3) is 0.600. The van der Waals surface area contributed by atoms with Crippen molar-refractivity contribution in [1.82, 2.24) is 9.88 Å². The summed E-state index contributed by atoms with van der Waals surface area (Å²) in [7, 11) is 0. The number of hydrogen-bond acceptors (Lipinski definition) is 3. The number of aromatic nitrogens is 1. The van der Waals surface area contributed by atoms with Gasteiger partial charge in [-0.25, -0.2) is 0 Å². The van der Waals surface area contributed by atoms with E-state index in [4.69, 9.17) is 5.11 Å². The number of aliphatic hydroxyl groups is 2. The first kappa shape index (κ1) is 11.2. The fourth-order valence-corrected chi connectivity index (χ4v) is 1.33. The van der Waals surface area contributed by atoms with Crippen LogP contribution in [-0.4, -0.2) is 34.0 Å². The minimum atomic E-state index is -0.678. The molecule has 0 spiro atoms. The van der Waals surface area contributed by atoms with Gasteiger partial charge in [0.05, 0.1) is 19.3 Å². The second-order valence-electron chi connectivity index (χ2n) is 3.27. The summed E-state index contributed by atoms with van der Waals surface area (Å²) >= 11 is 0. The summed E-state index contributed by atoms with van der Waals surface area (Å²) in [5, 5.41) is 21.2. The maximum atomic E-state index is 9.29. The van der Waals surface area contributed by atoms with Gasteiger partial charge in [0, 0.05) is 18.4 Å². The van der Waals surface area contributed by atoms with Gasteiger partial charge in [0.1, 0.15) is 0 Å². The molecule has 1 atom stereocenters. The summed E-state index contributed by atoms with van der Waals surface area (Å²) in [6.07, 6.45) is 1.23. The van der Waals surface area contributed by atoms with Crippen molar-refractivity contribution in [3.63, 3.8) is 0 Å². The van der Waals surface area contributed by atoms with E-state index in [1.54, 1.807) is 0 Å². The van der Waals surface area contributed by atoms with E-state index in [-0.39, 0.29) is 6.61 Å². The highest BCUT2D eigenvalue weighted by Crippen LogP contribution is 2.03. The third kappa shape index (κ3) is 3.14. The Kier molecular flexibility index (Phi) is 4.65. The summed E-state index contributed by atoms with van der Waals surface area (Å²) in [4.78, 5) is 0. The molecule has 0 saturated carbocycles. The Balaban J connectivity index is 2.53. The minimum Gasteiger partial charge on any atom is -0.394 e. The molecule has 1 heterocycles. The molecule has 0 aliphatic rings. The Bertz CT molecular complexity index is 260. The van der Waals surface area contributed by atoms with Gasteiger partial charge in [-0.3, -0.25) is 0 Å². The number of hydrogen-bond donors (Lipinski definition) is 3. The molecule has 0 aromatic carbocycles. The molecular formula is C10H18N2O2. The van der Waals surface area contributed by atoms with Gasteiger partial charge in [-0.2, -0.15) is 0 Å². The predicted molar refractivity (Wildman–Crippen MR) is 54.9 cm³/mol. The van der Waals surface area contributed by atoms with Crippen molar-refractivity contribution in [1.29, 1.82) is 0 Å². The molecule has 4 nitrogen and oxygen atoms in total. The van der Waals surface area contributed by atoms with Crippen LogP contribution in [0.5, 0.6) is 0 Å². The van der Waals surface area contributed by atoms with Gasteiger partial charge in [-0.1, -0.05) is 6.92 Å². The standard InChI is InChI=1S/C10H18N2O2/c1-2-11-6-9-4-3-5-12(9)7-10(14)8-13/h3-5,10-11,13-14H,2,6-8H2,1H3. The van der Waals surface area contributed by atoms with Crippen LogP contribution in [0.4, 0.5) is 0 Å². The fourth-order valence-electron chi connectivity index (χ4n) is 1.33. The summed E-state index contributed by atoms with van der Waals surface area (Å²) in [6.45, 7) is 4.02. The predicted octanol–water partition coefficient (Wildman–Crippen LogP) is -0.0492. The Labute approximate surface area is 84.2 Å². The van der Waals surface area contributed by atoms with Crippen LogP contribution in [0.2, 0.25) is 0 Å². The number of rotatable bonds is 6. The Morgan fingerprint density at radius 2 is 2.36 bits per heavy atom. The van der Waals surface area contributed by atoms with Gasteiger partial charge < -0.3 is 20.1 Å². The van der Waals surface area contributed by atoms with Crippen LogP contribution in [0.3, 0.4) is 0 Å². The van der Waals surface area contributed by atoms with E-state index in [9.17, 15) is 5.11 Å². The highest BCUT2D eigenvalue weighted by atomic mass is 16.3. The van der Waals surface area contributed by atoms with E-state index in [1.807, 2.05) is 22.9 Å². The van der Waals surface area contributed by atoms with Gasteiger partial charge in [-0.05, 0) is 18.7 Å². The Hall–Kier alpha value is -0.840. The van der Waals surface area contributed by atoms with Crippen LogP contribution in [-0.2, 0) is 13.1 Å². The molecule has 1 aromatic heterocycles. The van der Waals surface area contributed by atoms with Crippen molar-refractivity contribution in [2.45, 2.75) is 26.1 Å². The van der Waals surface area contributed by atoms with E-state index in [1.165, 1.54) is 0 Å². The third-order valence-corrected chi connectivity index (χ3v) is 2.10. The maximum Gasteiger partial charge on any atom is 0.0949 e. The van der Waals surface area contributed by atoms with Crippen molar-refractivity contribution in [3.05, 3.63) is 24.0 Å². The average Bonchev–Trinajstić information content (AvgIpc) is 2.62. The van der Waals surface area contributed by atoms with E-state index < -0.39 is 6.10 Å². The zero-order valence-corrected chi connectivity index (χ0v) is 8.48. The van der Waals surface area contributed by atoms with E-state index in [0.29, 0.717) is 6.54 Å². The maximum absolute atomic E-state index is 9.29. The summed E-state index contributed by atoms with van der Waals surface area (Å²) in [5.41, 5.74) is 1.12. The highest BCUT2D eigenvalue weighted by Gasteiger charge is 2.05. The first-order valence-electron chi connectivity index (χ1n) is 4.91. The molecule has 3 N–H and O–H groups in total. The van der Waals surface area contributed by atoms with Crippen molar-refractivity contribution >= 4 is 0 Å². The molecule has 0 amide bonds. The highest BCUT2D eigenvalue weighted by molar-refractivity contribution is 5.07. The molecule has 1 unspecified atom stereocenters. The monoisotopic (exact) mass is 198 g/mol. The molecule has 1 rings (SSSR count). The van der Waals surface area contributed by atoms with Gasteiger partial charge in [0.25, 0.3) is 0 Å². The van der Waals surface area contributed by atoms with Crippen LogP contribution in [0.15, 0.2) is 18.3 Å². The second kappa shape index (κ2) is 5.80. The lowest BCUT2D eigenvalue weighted by atomic mass is 10.3.